The van der Waals surface area contributed by atoms with Crippen molar-refractivity contribution >= 4 is 0 Å². The van der Waals surface area contributed by atoms with Crippen molar-refractivity contribution in [3.8, 4) is 11.8 Å². The first-order chi connectivity index (χ1) is 9.13. The molecular weight excluding hydrogens is 236 g/mol. The van der Waals surface area contributed by atoms with E-state index >= 15 is 0 Å². The van der Waals surface area contributed by atoms with Gasteiger partial charge in [-0.2, -0.15) is 5.26 Å². The van der Waals surface area contributed by atoms with Crippen molar-refractivity contribution < 1.29 is 4.74 Å². The first-order valence-corrected chi connectivity index (χ1v) is 6.95. The third-order valence-electron chi connectivity index (χ3n) is 3.69. The highest BCUT2D eigenvalue weighted by molar-refractivity contribution is 5.45. The fraction of sp³-hybridized carbons (Fsp3) is 0.562. The number of benzene rings is 1. The molecule has 0 N–H and O–H groups in total. The Bertz CT molecular complexity index is 472. The SMILES string of the molecule is COc1cc(CN(CC2CC2)C(C)C)ccc1C#N. The van der Waals surface area contributed by atoms with Crippen LogP contribution in [0.15, 0.2) is 18.2 Å². The Hall–Kier alpha value is -1.53. The quantitative estimate of drug-likeness (QED) is 0.786. The van der Waals surface area contributed by atoms with Gasteiger partial charge in [0.1, 0.15) is 11.8 Å². The van der Waals surface area contributed by atoms with Crippen molar-refractivity contribution in [3.63, 3.8) is 0 Å². The van der Waals surface area contributed by atoms with Gasteiger partial charge in [-0.1, -0.05) is 6.07 Å². The highest BCUT2D eigenvalue weighted by Gasteiger charge is 2.25. The Labute approximate surface area is 115 Å². The summed E-state index contributed by atoms with van der Waals surface area (Å²) in [5.74, 6) is 1.57. The summed E-state index contributed by atoms with van der Waals surface area (Å²) in [6.07, 6.45) is 2.75. The second-order valence-corrected chi connectivity index (χ2v) is 5.61. The van der Waals surface area contributed by atoms with Crippen molar-refractivity contribution in [3.05, 3.63) is 29.3 Å². The van der Waals surface area contributed by atoms with Crippen LogP contribution >= 0.6 is 0 Å². The second kappa shape index (κ2) is 6.08. The van der Waals surface area contributed by atoms with Gasteiger partial charge in [0.05, 0.1) is 12.7 Å². The lowest BCUT2D eigenvalue weighted by atomic mass is 10.1. The van der Waals surface area contributed by atoms with E-state index < -0.39 is 0 Å². The normalized spacial score (nSPS) is 14.7. The van der Waals surface area contributed by atoms with Gasteiger partial charge in [0.25, 0.3) is 0 Å². The fourth-order valence-electron chi connectivity index (χ4n) is 2.25. The van der Waals surface area contributed by atoms with Crippen LogP contribution in [0.3, 0.4) is 0 Å². The molecule has 1 aromatic carbocycles. The van der Waals surface area contributed by atoms with Gasteiger partial charge in [-0.05, 0) is 50.3 Å². The Balaban J connectivity index is 2.09. The van der Waals surface area contributed by atoms with Crippen LogP contribution in [0, 0.1) is 17.2 Å². The third kappa shape index (κ3) is 3.71. The van der Waals surface area contributed by atoms with Gasteiger partial charge in [-0.25, -0.2) is 0 Å². The summed E-state index contributed by atoms with van der Waals surface area (Å²) < 4.78 is 5.27. The molecule has 102 valence electrons. The highest BCUT2D eigenvalue weighted by atomic mass is 16.5. The summed E-state index contributed by atoms with van der Waals surface area (Å²) in [5, 5.41) is 9.00. The number of hydrogen-bond donors (Lipinski definition) is 0. The molecule has 0 aliphatic heterocycles. The number of methoxy groups -OCH3 is 1. The first-order valence-electron chi connectivity index (χ1n) is 6.95. The zero-order valence-corrected chi connectivity index (χ0v) is 12.0. The van der Waals surface area contributed by atoms with Crippen LogP contribution in [-0.2, 0) is 6.54 Å². The van der Waals surface area contributed by atoms with E-state index in [9.17, 15) is 0 Å². The largest absolute Gasteiger partial charge is 0.495 e. The maximum absolute atomic E-state index is 9.00. The topological polar surface area (TPSA) is 36.3 Å². The van der Waals surface area contributed by atoms with Gasteiger partial charge < -0.3 is 4.74 Å². The predicted molar refractivity (Wildman–Crippen MR) is 76.0 cm³/mol. The highest BCUT2D eigenvalue weighted by Crippen LogP contribution is 2.31. The summed E-state index contributed by atoms with van der Waals surface area (Å²) in [7, 11) is 1.62. The summed E-state index contributed by atoms with van der Waals surface area (Å²) in [6, 6.07) is 8.57. The van der Waals surface area contributed by atoms with Crippen LogP contribution in [0.25, 0.3) is 0 Å². The number of rotatable bonds is 6. The Morgan fingerprint density at radius 1 is 1.42 bits per heavy atom. The Morgan fingerprint density at radius 2 is 2.16 bits per heavy atom. The van der Waals surface area contributed by atoms with Crippen LogP contribution in [-0.4, -0.2) is 24.6 Å². The molecule has 19 heavy (non-hydrogen) atoms. The molecule has 0 spiro atoms. The van der Waals surface area contributed by atoms with Crippen LogP contribution in [0.1, 0.15) is 37.8 Å². The summed E-state index contributed by atoms with van der Waals surface area (Å²) in [6.45, 7) is 6.59. The van der Waals surface area contributed by atoms with Crippen molar-refractivity contribution in [2.24, 2.45) is 5.92 Å². The number of hydrogen-bond acceptors (Lipinski definition) is 3. The smallest absolute Gasteiger partial charge is 0.136 e. The van der Waals surface area contributed by atoms with Crippen molar-refractivity contribution in [1.29, 1.82) is 5.26 Å². The molecule has 2 rings (SSSR count). The van der Waals surface area contributed by atoms with Gasteiger partial charge >= 0.3 is 0 Å². The van der Waals surface area contributed by atoms with Gasteiger partial charge in [0.2, 0.25) is 0 Å². The molecule has 3 heteroatoms. The zero-order valence-electron chi connectivity index (χ0n) is 12.0. The standard InChI is InChI=1S/C16H22N2O/c1-12(2)18(10-13-4-5-13)11-14-6-7-15(9-17)16(8-14)19-3/h6-8,12-13H,4-5,10-11H2,1-3H3. The molecule has 3 nitrogen and oxygen atoms in total. The van der Waals surface area contributed by atoms with E-state index in [0.717, 1.165) is 12.5 Å². The average Bonchev–Trinajstić information content (AvgIpc) is 3.21. The first kappa shape index (κ1) is 13.9. The lowest BCUT2D eigenvalue weighted by Gasteiger charge is -2.26. The van der Waals surface area contributed by atoms with E-state index in [1.165, 1.54) is 24.9 Å². The van der Waals surface area contributed by atoms with E-state index in [2.05, 4.69) is 24.8 Å². The van der Waals surface area contributed by atoms with Crippen LogP contribution < -0.4 is 4.74 Å². The van der Waals surface area contributed by atoms with Gasteiger partial charge in [-0.15, -0.1) is 0 Å². The molecular formula is C16H22N2O. The van der Waals surface area contributed by atoms with Crippen molar-refractivity contribution in [2.45, 2.75) is 39.3 Å². The molecule has 0 radical (unpaired) electrons. The molecule has 0 bridgehead atoms. The molecule has 0 saturated heterocycles. The van der Waals surface area contributed by atoms with Crippen LogP contribution in [0.5, 0.6) is 5.75 Å². The maximum Gasteiger partial charge on any atom is 0.136 e. The van der Waals surface area contributed by atoms with Crippen LogP contribution in [0.4, 0.5) is 0 Å². The second-order valence-electron chi connectivity index (χ2n) is 5.61. The Morgan fingerprint density at radius 3 is 2.68 bits per heavy atom. The predicted octanol–water partition coefficient (Wildman–Crippen LogP) is 3.19. The molecule has 0 unspecified atom stereocenters. The van der Waals surface area contributed by atoms with Crippen molar-refractivity contribution in [2.75, 3.05) is 13.7 Å². The molecule has 0 aromatic heterocycles. The molecule has 1 fully saturated rings. The zero-order chi connectivity index (χ0) is 13.8. The minimum atomic E-state index is 0.544. The lowest BCUT2D eigenvalue weighted by Crippen LogP contribution is -2.32. The van der Waals surface area contributed by atoms with Gasteiger partial charge in [0, 0.05) is 19.1 Å². The summed E-state index contributed by atoms with van der Waals surface area (Å²) in [4.78, 5) is 2.50. The van der Waals surface area contributed by atoms with E-state index in [1.54, 1.807) is 7.11 Å². The fourth-order valence-corrected chi connectivity index (χ4v) is 2.25. The molecule has 1 aromatic rings. The summed E-state index contributed by atoms with van der Waals surface area (Å²) >= 11 is 0. The molecule has 0 heterocycles. The molecule has 0 atom stereocenters. The minimum absolute atomic E-state index is 0.544. The monoisotopic (exact) mass is 258 g/mol. The maximum atomic E-state index is 9.00. The van der Waals surface area contributed by atoms with Crippen molar-refractivity contribution in [1.82, 2.24) is 4.90 Å². The molecule has 1 aliphatic rings. The summed E-state index contributed by atoms with van der Waals surface area (Å²) in [5.41, 5.74) is 1.81. The number of nitrogens with zero attached hydrogens (tertiary/aromatic N) is 2. The molecule has 0 amide bonds. The van der Waals surface area contributed by atoms with E-state index in [4.69, 9.17) is 10.00 Å². The average molecular weight is 258 g/mol. The van der Waals surface area contributed by atoms with Gasteiger partial charge in [-0.3, -0.25) is 4.90 Å². The molecule has 1 aliphatic carbocycles. The number of nitriles is 1. The lowest BCUT2D eigenvalue weighted by molar-refractivity contribution is 0.203. The third-order valence-corrected chi connectivity index (χ3v) is 3.69. The molecule has 1 saturated carbocycles. The minimum Gasteiger partial charge on any atom is -0.495 e. The van der Waals surface area contributed by atoms with E-state index in [-0.39, 0.29) is 0 Å². The Kier molecular flexibility index (Phi) is 4.44. The van der Waals surface area contributed by atoms with E-state index in [1.807, 2.05) is 18.2 Å². The number of ether oxygens (including phenoxy) is 1. The van der Waals surface area contributed by atoms with Gasteiger partial charge in [0.15, 0.2) is 0 Å². The van der Waals surface area contributed by atoms with Crippen LogP contribution in [0.2, 0.25) is 0 Å². The van der Waals surface area contributed by atoms with E-state index in [0.29, 0.717) is 17.4 Å².